The summed E-state index contributed by atoms with van der Waals surface area (Å²) < 4.78 is 11.6. The van der Waals surface area contributed by atoms with Gasteiger partial charge in [0.2, 0.25) is 23.6 Å². The number of rotatable bonds is 60. The second-order valence-electron chi connectivity index (χ2n) is 30.6. The highest BCUT2D eigenvalue weighted by Crippen LogP contribution is 2.34. The maximum atomic E-state index is 15.1. The summed E-state index contributed by atoms with van der Waals surface area (Å²) >= 11 is 1.32. The maximum Gasteiger partial charge on any atom is 0.327 e. The van der Waals surface area contributed by atoms with Gasteiger partial charge < -0.3 is 87.5 Å². The van der Waals surface area contributed by atoms with Crippen LogP contribution in [0.2, 0.25) is 0 Å². The SMILES string of the molecule is CCCCCCCOCN(C(=O)[C@@H](CC(=O)[C@H]1CCCCN1C)C(C)CC)[C@H](C[C@@H](C)c1nc(C(=O)N[C@@H](Cc2ccc(O)cc2)C[C@H](C)C(=O)NCC(=O)OCCSSC[C@H](NC(=O)[C@H](CC(=O)O)CC(=O)[C@H](CC(=O)O)NC(=O)Cc2ccc(CNC(=O)NCCCC[C@H](NC(=O)NCCCC(=O)O)C(=O)O)cc2)C(=O)O)cs1)C(C)C. The van der Waals surface area contributed by atoms with Crippen molar-refractivity contribution in [1.82, 2.24) is 57.3 Å². The van der Waals surface area contributed by atoms with Crippen LogP contribution < -0.4 is 42.5 Å². The number of nitrogens with zero attached hydrogens (tertiary/aromatic N) is 3. The Morgan fingerprint density at radius 3 is 1.96 bits per heavy atom. The zero-order valence-corrected chi connectivity index (χ0v) is 71.9. The second-order valence-corrected chi connectivity index (χ2v) is 34.1. The molecular weight excluding hydrogens is 1600 g/mol. The van der Waals surface area contributed by atoms with Gasteiger partial charge in [0.25, 0.3) is 5.91 Å². The number of carbonyl (C=O) groups is 15. The summed E-state index contributed by atoms with van der Waals surface area (Å²) in [5, 5.41) is 80.1. The van der Waals surface area contributed by atoms with Gasteiger partial charge in [-0.05, 0) is 118 Å². The third-order valence-corrected chi connectivity index (χ3v) is 24.0. The number of likely N-dealkylation sites (tertiary alicyclic amines) is 1. The number of phenolic OH excluding ortho intramolecular Hbond substituents is 1. The number of phenols is 1. The first-order valence-electron chi connectivity index (χ1n) is 40.8. The number of nitrogens with one attached hydrogen (secondary N) is 8. The molecule has 0 radical (unpaired) electrons. The molecule has 3 aromatic rings. The summed E-state index contributed by atoms with van der Waals surface area (Å²) in [5.74, 6) is -15.2. The van der Waals surface area contributed by atoms with E-state index in [0.29, 0.717) is 48.4 Å². The minimum atomic E-state index is -1.74. The molecule has 0 aliphatic carbocycles. The van der Waals surface area contributed by atoms with E-state index in [2.05, 4.69) is 68.2 Å². The Bertz CT molecular complexity index is 3780. The second kappa shape index (κ2) is 55.4. The number of amides is 9. The molecule has 0 saturated carbocycles. The standard InChI is InChI=1S/C82H123N11O23S3/c1-9-11-12-13-18-34-115-49-93(78(108)60(51(5)10-2)43-68(96)65-21-15-17-33-92(65)8)66(50(3)4)38-53(7)77-90-63(47-117-77)76(107)87-58(39-54-27-29-59(94)30-28-54)37-52(6)74(105)85-46-73(104)116-35-36-118-119-48-64(80(111)112)89-75(106)57(42-71(100)101)41-67(95)62(44-72(102)103)88-69(97)40-55-23-25-56(26-24-55)45-86-81(113)83-31-16-14-20-61(79(109)110)91-82(114)84-32-19-22-70(98)99/h23-30,47,50-53,57-58,60-62,64-66,94H,9-22,31-46,48-49H2,1-8H3,(H,85,105)(H,87,107)(H,88,97)(H,89,106)(H,98,99)(H,100,101)(H,102,103)(H,109,110)(H,111,112)(H2,83,86,113)(H2,84,91,114)/t51?,52-,53+,57-,58+,60-,61-,62-,64-,65+,66+/m0/s1. The fourth-order valence-corrected chi connectivity index (χ4v) is 16.3. The van der Waals surface area contributed by atoms with Crippen LogP contribution in [0.1, 0.15) is 215 Å². The predicted octanol–water partition coefficient (Wildman–Crippen LogP) is 8.06. The number of esters is 1. The lowest BCUT2D eigenvalue weighted by Crippen LogP contribution is -2.50. The largest absolute Gasteiger partial charge is 0.508 e. The van der Waals surface area contributed by atoms with E-state index in [-0.39, 0.29) is 142 Å². The van der Waals surface area contributed by atoms with Crippen LogP contribution in [-0.4, -0.2) is 235 Å². The molecule has 34 nitrogen and oxygen atoms in total. The molecular formula is C82H123N11O23S3. The molecule has 11 atom stereocenters. The van der Waals surface area contributed by atoms with Crippen LogP contribution in [0, 0.1) is 29.6 Å². The van der Waals surface area contributed by atoms with Gasteiger partial charge >= 0.3 is 47.9 Å². The van der Waals surface area contributed by atoms with Crippen molar-refractivity contribution >= 4 is 122 Å². The van der Waals surface area contributed by atoms with Crippen molar-refractivity contribution in [2.24, 2.45) is 29.6 Å². The topological polar surface area (TPSA) is 511 Å². The average Bonchev–Trinajstić information content (AvgIpc) is 1.70. The molecule has 1 aliphatic rings. The highest BCUT2D eigenvalue weighted by atomic mass is 33.1. The Balaban J connectivity index is 1.26. The van der Waals surface area contributed by atoms with Gasteiger partial charge in [0.05, 0.1) is 42.3 Å². The number of carboxylic acids is 5. The number of thiazole rings is 1. The lowest BCUT2D eigenvalue weighted by atomic mass is 9.82. The molecule has 1 saturated heterocycles. The summed E-state index contributed by atoms with van der Waals surface area (Å²) in [4.78, 5) is 202. The maximum absolute atomic E-state index is 15.1. The van der Waals surface area contributed by atoms with Gasteiger partial charge in [-0.2, -0.15) is 0 Å². The summed E-state index contributed by atoms with van der Waals surface area (Å²) in [6.07, 6.45) is 7.26. The number of Topliss-reactive ketones (excluding diaryl/α,β-unsaturated/α-hetero) is 2. The van der Waals surface area contributed by atoms with Gasteiger partial charge in [-0.25, -0.2) is 24.2 Å². The molecule has 2 heterocycles. The number of likely N-dealkylation sites (N-methyl/N-ethyl adjacent to an activating group) is 1. The first-order valence-corrected chi connectivity index (χ1v) is 44.2. The number of aromatic hydroxyl groups is 1. The van der Waals surface area contributed by atoms with Gasteiger partial charge in [0.1, 0.15) is 43.4 Å². The molecule has 1 unspecified atom stereocenters. The number of ketones is 2. The number of benzene rings is 2. The van der Waals surface area contributed by atoms with Crippen LogP contribution in [0.15, 0.2) is 53.9 Å². The van der Waals surface area contributed by atoms with Crippen molar-refractivity contribution in [1.29, 1.82) is 0 Å². The Kier molecular flexibility index (Phi) is 47.4. The smallest absolute Gasteiger partial charge is 0.327 e. The average molecular weight is 1730 g/mol. The summed E-state index contributed by atoms with van der Waals surface area (Å²) in [7, 11) is 3.98. The Hall–Kier alpha value is -9.46. The third kappa shape index (κ3) is 40.0. The number of ether oxygens (including phenoxy) is 2. The molecule has 0 bridgehead atoms. The number of aromatic nitrogens is 1. The molecule has 37 heteroatoms. The molecule has 0 spiro atoms. The van der Waals surface area contributed by atoms with E-state index >= 15 is 4.79 Å². The van der Waals surface area contributed by atoms with Gasteiger partial charge in [-0.1, -0.05) is 145 Å². The van der Waals surface area contributed by atoms with E-state index in [9.17, 15) is 92.7 Å². The van der Waals surface area contributed by atoms with Crippen molar-refractivity contribution in [2.45, 2.75) is 238 Å². The monoisotopic (exact) mass is 1730 g/mol. The molecule has 662 valence electrons. The van der Waals surface area contributed by atoms with E-state index in [1.165, 1.54) is 35.6 Å². The lowest BCUT2D eigenvalue weighted by Gasteiger charge is -2.39. The highest BCUT2D eigenvalue weighted by Gasteiger charge is 2.40. The van der Waals surface area contributed by atoms with Crippen molar-refractivity contribution in [2.75, 3.05) is 64.7 Å². The van der Waals surface area contributed by atoms with Crippen molar-refractivity contribution < 1.29 is 112 Å². The van der Waals surface area contributed by atoms with Crippen molar-refractivity contribution in [3.63, 3.8) is 0 Å². The minimum Gasteiger partial charge on any atom is -0.508 e. The molecule has 119 heavy (non-hydrogen) atoms. The van der Waals surface area contributed by atoms with Gasteiger partial charge in [-0.3, -0.25) is 57.6 Å². The van der Waals surface area contributed by atoms with Gasteiger partial charge in [0.15, 0.2) is 11.6 Å². The van der Waals surface area contributed by atoms with E-state index < -0.39 is 145 Å². The minimum absolute atomic E-state index is 0.0173. The van der Waals surface area contributed by atoms with Crippen LogP contribution in [0.5, 0.6) is 5.75 Å². The van der Waals surface area contributed by atoms with Crippen LogP contribution in [-0.2, 0) is 86.4 Å². The third-order valence-electron chi connectivity index (χ3n) is 20.5. The Morgan fingerprint density at radius 2 is 1.31 bits per heavy atom. The number of unbranched alkanes of at least 4 members (excludes halogenated alkanes) is 5. The first kappa shape index (κ1) is 102. The zero-order chi connectivity index (χ0) is 88.1. The van der Waals surface area contributed by atoms with Crippen LogP contribution in [0.4, 0.5) is 9.59 Å². The summed E-state index contributed by atoms with van der Waals surface area (Å²) in [6.45, 7) is 15.0. The first-order chi connectivity index (χ1) is 56.6. The molecule has 1 fully saturated rings. The van der Waals surface area contributed by atoms with Crippen molar-refractivity contribution in [3.8, 4) is 5.75 Å². The summed E-state index contributed by atoms with van der Waals surface area (Å²) in [5.41, 5.74) is 1.90. The molecule has 14 N–H and O–H groups in total. The van der Waals surface area contributed by atoms with Gasteiger partial charge in [-0.15, -0.1) is 11.3 Å². The van der Waals surface area contributed by atoms with Crippen LogP contribution in [0.25, 0.3) is 0 Å². The highest BCUT2D eigenvalue weighted by molar-refractivity contribution is 8.76. The molecule has 9 amide bonds. The van der Waals surface area contributed by atoms with E-state index in [1.807, 2.05) is 32.7 Å². The Morgan fingerprint density at radius 1 is 0.647 bits per heavy atom. The molecule has 1 aromatic heterocycles. The Labute approximate surface area is 707 Å². The number of carbonyl (C=O) groups excluding carboxylic acids is 10. The van der Waals surface area contributed by atoms with E-state index in [1.54, 1.807) is 36.6 Å². The fourth-order valence-electron chi connectivity index (χ4n) is 13.4. The fraction of sp³-hybridized carbons (Fsp3) is 0.634. The quantitative estimate of drug-likeness (QED) is 0.0110. The van der Waals surface area contributed by atoms with E-state index in [0.717, 1.165) is 85.1 Å². The normalized spacial score (nSPS) is 15.3. The number of carboxylic acid groups (broad SMARTS) is 5. The van der Waals surface area contributed by atoms with Crippen LogP contribution in [0.3, 0.4) is 0 Å². The number of hydrogen-bond donors (Lipinski definition) is 14. The summed E-state index contributed by atoms with van der Waals surface area (Å²) in [6, 6.07) is 5.58. The predicted molar refractivity (Wildman–Crippen MR) is 447 cm³/mol. The number of piperidine rings is 1. The number of hydrogen-bond acceptors (Lipinski definition) is 23. The van der Waals surface area contributed by atoms with Crippen LogP contribution >= 0.6 is 32.9 Å². The van der Waals surface area contributed by atoms with E-state index in [4.69, 9.17) is 19.6 Å². The molecule has 2 aromatic carbocycles. The number of aliphatic carboxylic acids is 5. The number of urea groups is 2. The zero-order valence-electron chi connectivity index (χ0n) is 69.4. The molecule has 4 rings (SSSR count). The lowest BCUT2D eigenvalue weighted by molar-refractivity contribution is -0.151. The van der Waals surface area contributed by atoms with Gasteiger partial charge in [0, 0.05) is 92.2 Å². The van der Waals surface area contributed by atoms with Crippen molar-refractivity contribution in [3.05, 3.63) is 81.3 Å². The molecule has 1 aliphatic heterocycles.